The summed E-state index contributed by atoms with van der Waals surface area (Å²) in [5.74, 6) is 0.583. The number of pyridine rings is 1. The normalized spacial score (nSPS) is 25.1. The summed E-state index contributed by atoms with van der Waals surface area (Å²) < 4.78 is 0. The van der Waals surface area contributed by atoms with E-state index in [4.69, 9.17) is 0 Å². The molecule has 2 aliphatic heterocycles. The first-order chi connectivity index (χ1) is 13.7. The maximum absolute atomic E-state index is 12.7. The van der Waals surface area contributed by atoms with E-state index >= 15 is 0 Å². The van der Waals surface area contributed by atoms with Crippen LogP contribution in [0.5, 0.6) is 0 Å². The number of rotatable bonds is 4. The lowest BCUT2D eigenvalue weighted by Gasteiger charge is -2.32. The van der Waals surface area contributed by atoms with E-state index in [1.165, 1.54) is 4.90 Å². The Bertz CT molecular complexity index is 773. The van der Waals surface area contributed by atoms with Crippen molar-refractivity contribution in [3.63, 3.8) is 0 Å². The average Bonchev–Trinajstić information content (AvgIpc) is 3.03. The molecular formula is C21H30N4O4. The number of piperidine rings is 1. The van der Waals surface area contributed by atoms with Crippen LogP contribution in [0.2, 0.25) is 0 Å². The zero-order valence-corrected chi connectivity index (χ0v) is 17.1. The van der Waals surface area contributed by atoms with Gasteiger partial charge in [-0.1, -0.05) is 0 Å². The number of carboxylic acid groups (broad SMARTS) is 1. The van der Waals surface area contributed by atoms with E-state index in [1.54, 1.807) is 11.1 Å². The molecule has 8 nitrogen and oxygen atoms in total. The fraction of sp³-hybridized carbons (Fsp3) is 0.667. The topological polar surface area (TPSA) is 106 Å². The Balaban J connectivity index is 1.36. The molecule has 0 aromatic carbocycles. The zero-order valence-electron chi connectivity index (χ0n) is 17.1. The van der Waals surface area contributed by atoms with Crippen LogP contribution in [0.15, 0.2) is 18.5 Å². The molecule has 3 aliphatic rings. The molecule has 2 unspecified atom stereocenters. The molecule has 29 heavy (non-hydrogen) atoms. The minimum Gasteiger partial charge on any atom is -0.465 e. The quantitative estimate of drug-likeness (QED) is 0.716. The van der Waals surface area contributed by atoms with Crippen LogP contribution in [-0.2, 0) is 13.1 Å². The molecule has 1 spiro atoms. The molecule has 3 amide bonds. The van der Waals surface area contributed by atoms with Gasteiger partial charge in [0.2, 0.25) is 0 Å². The maximum Gasteiger partial charge on any atom is 0.407 e. The average molecular weight is 402 g/mol. The number of aliphatic hydroxyl groups is 1. The van der Waals surface area contributed by atoms with E-state index in [2.05, 4.69) is 10.3 Å². The largest absolute Gasteiger partial charge is 0.465 e. The predicted molar refractivity (Wildman–Crippen MR) is 106 cm³/mol. The van der Waals surface area contributed by atoms with Crippen molar-refractivity contribution in [3.05, 3.63) is 29.6 Å². The molecule has 2 fully saturated rings. The predicted octanol–water partition coefficient (Wildman–Crippen LogP) is 2.27. The third kappa shape index (κ3) is 3.90. The number of carbonyl (C=O) groups is 2. The Morgan fingerprint density at radius 1 is 1.21 bits per heavy atom. The van der Waals surface area contributed by atoms with Crippen molar-refractivity contribution in [2.75, 3.05) is 19.6 Å². The number of hydrogen-bond acceptors (Lipinski definition) is 4. The molecule has 1 saturated heterocycles. The second-order valence-corrected chi connectivity index (χ2v) is 9.42. The Morgan fingerprint density at radius 2 is 1.90 bits per heavy atom. The van der Waals surface area contributed by atoms with Crippen LogP contribution in [0.25, 0.3) is 0 Å². The van der Waals surface area contributed by atoms with E-state index in [0.29, 0.717) is 45.1 Å². The molecule has 3 N–H and O–H groups in total. The fourth-order valence-electron chi connectivity index (χ4n) is 5.43. The number of nitrogens with one attached hydrogen (secondary N) is 1. The van der Waals surface area contributed by atoms with Crippen molar-refractivity contribution in [2.24, 2.45) is 17.3 Å². The Kier molecular flexibility index (Phi) is 4.93. The van der Waals surface area contributed by atoms with Gasteiger partial charge in [0.25, 0.3) is 0 Å². The highest BCUT2D eigenvalue weighted by Crippen LogP contribution is 2.66. The van der Waals surface area contributed by atoms with Crippen molar-refractivity contribution < 1.29 is 19.8 Å². The molecule has 0 bridgehead atoms. The van der Waals surface area contributed by atoms with Gasteiger partial charge in [-0.05, 0) is 67.6 Å². The van der Waals surface area contributed by atoms with Gasteiger partial charge in [-0.3, -0.25) is 4.98 Å². The number of amides is 3. The highest BCUT2D eigenvalue weighted by atomic mass is 16.4. The standard InChI is InChI=1S/C21H30N4O4/c1-20(2,29)9-16-17(21(16)4-7-24(8-5-21)19(27)28)11-23-18(26)25-12-14-3-6-22-10-15(14)13-25/h3,6,10,16-17,29H,4-5,7-9,11-13H2,1-2H3,(H,23,26)(H,27,28). The minimum absolute atomic E-state index is 0.0249. The van der Waals surface area contributed by atoms with Crippen LogP contribution in [0, 0.1) is 17.3 Å². The smallest absolute Gasteiger partial charge is 0.407 e. The summed E-state index contributed by atoms with van der Waals surface area (Å²) in [6.45, 7) is 6.42. The number of aromatic nitrogens is 1. The van der Waals surface area contributed by atoms with Crippen molar-refractivity contribution in [1.29, 1.82) is 0 Å². The van der Waals surface area contributed by atoms with Crippen LogP contribution in [0.3, 0.4) is 0 Å². The second kappa shape index (κ2) is 7.16. The third-order valence-corrected chi connectivity index (χ3v) is 7.03. The minimum atomic E-state index is -0.868. The molecule has 1 aliphatic carbocycles. The van der Waals surface area contributed by atoms with Crippen LogP contribution in [0.1, 0.15) is 44.2 Å². The lowest BCUT2D eigenvalue weighted by Crippen LogP contribution is -2.41. The van der Waals surface area contributed by atoms with Crippen LogP contribution in [0.4, 0.5) is 9.59 Å². The molecule has 1 aromatic rings. The Labute approximate surface area is 170 Å². The number of likely N-dealkylation sites (tertiary alicyclic amines) is 1. The van der Waals surface area contributed by atoms with Gasteiger partial charge in [0.05, 0.1) is 5.60 Å². The first kappa shape index (κ1) is 19.9. The highest BCUT2D eigenvalue weighted by Gasteiger charge is 2.64. The van der Waals surface area contributed by atoms with Crippen molar-refractivity contribution >= 4 is 12.1 Å². The van der Waals surface area contributed by atoms with Gasteiger partial charge in [-0.25, -0.2) is 9.59 Å². The molecule has 8 heteroatoms. The number of hydrogen-bond donors (Lipinski definition) is 3. The summed E-state index contributed by atoms with van der Waals surface area (Å²) in [5.41, 5.74) is 1.48. The Hall–Kier alpha value is -2.35. The lowest BCUT2D eigenvalue weighted by molar-refractivity contribution is 0.0545. The first-order valence-corrected chi connectivity index (χ1v) is 10.3. The van der Waals surface area contributed by atoms with Crippen molar-refractivity contribution in [3.8, 4) is 0 Å². The summed E-state index contributed by atoms with van der Waals surface area (Å²) in [5, 5.41) is 22.7. The van der Waals surface area contributed by atoms with Gasteiger partial charge < -0.3 is 25.3 Å². The van der Waals surface area contributed by atoms with E-state index in [0.717, 1.165) is 24.0 Å². The number of fused-ring (bicyclic) bond motifs is 1. The number of urea groups is 1. The lowest BCUT2D eigenvalue weighted by atomic mass is 9.87. The second-order valence-electron chi connectivity index (χ2n) is 9.42. The summed E-state index contributed by atoms with van der Waals surface area (Å²) in [7, 11) is 0. The number of carbonyl (C=O) groups excluding carboxylic acids is 1. The molecule has 2 atom stereocenters. The molecule has 4 rings (SSSR count). The van der Waals surface area contributed by atoms with Crippen LogP contribution < -0.4 is 5.32 Å². The van der Waals surface area contributed by atoms with E-state index < -0.39 is 11.7 Å². The maximum atomic E-state index is 12.7. The molecule has 1 aromatic heterocycles. The molecule has 0 radical (unpaired) electrons. The van der Waals surface area contributed by atoms with Gasteiger partial charge in [-0.15, -0.1) is 0 Å². The van der Waals surface area contributed by atoms with E-state index in [1.807, 2.05) is 26.1 Å². The van der Waals surface area contributed by atoms with Gasteiger partial charge in [0.1, 0.15) is 0 Å². The molecule has 1 saturated carbocycles. The number of nitrogens with zero attached hydrogens (tertiary/aromatic N) is 3. The highest BCUT2D eigenvalue weighted by molar-refractivity contribution is 5.75. The van der Waals surface area contributed by atoms with Gasteiger partial charge in [0, 0.05) is 45.1 Å². The van der Waals surface area contributed by atoms with Crippen molar-refractivity contribution in [1.82, 2.24) is 20.1 Å². The van der Waals surface area contributed by atoms with Crippen LogP contribution in [-0.4, -0.2) is 62.4 Å². The first-order valence-electron chi connectivity index (χ1n) is 10.3. The third-order valence-electron chi connectivity index (χ3n) is 7.03. The summed E-state index contributed by atoms with van der Waals surface area (Å²) in [6, 6.07) is 1.88. The van der Waals surface area contributed by atoms with Gasteiger partial charge >= 0.3 is 12.1 Å². The zero-order chi connectivity index (χ0) is 20.8. The fourth-order valence-corrected chi connectivity index (χ4v) is 5.43. The molecule has 158 valence electrons. The molecular weight excluding hydrogens is 372 g/mol. The van der Waals surface area contributed by atoms with Gasteiger partial charge in [-0.2, -0.15) is 0 Å². The Morgan fingerprint density at radius 3 is 2.52 bits per heavy atom. The van der Waals surface area contributed by atoms with E-state index in [9.17, 15) is 19.8 Å². The van der Waals surface area contributed by atoms with Crippen LogP contribution >= 0.6 is 0 Å². The van der Waals surface area contributed by atoms with Gasteiger partial charge in [0.15, 0.2) is 0 Å². The SMILES string of the molecule is CC(C)(O)CC1C(CNC(=O)N2Cc3ccncc3C2)C12CCN(C(=O)O)CC2. The van der Waals surface area contributed by atoms with E-state index in [-0.39, 0.29) is 17.4 Å². The summed E-state index contributed by atoms with van der Waals surface area (Å²) in [6.07, 6.45) is 4.95. The summed E-state index contributed by atoms with van der Waals surface area (Å²) >= 11 is 0. The van der Waals surface area contributed by atoms with Crippen molar-refractivity contribution in [2.45, 2.75) is 51.8 Å². The monoisotopic (exact) mass is 402 g/mol. The molecule has 3 heterocycles. The summed E-state index contributed by atoms with van der Waals surface area (Å²) in [4.78, 5) is 31.3.